The lowest BCUT2D eigenvalue weighted by molar-refractivity contribution is -0.531. The number of hydrogen-bond acceptors (Lipinski definition) is 3. The summed E-state index contributed by atoms with van der Waals surface area (Å²) in [6.45, 7) is 39.0. The molecule has 4 saturated heterocycles. The molecule has 4 heterocycles. The molecule has 228 valence electrons. The average Bonchev–Trinajstić information content (AvgIpc) is 2.65. The zero-order valence-corrected chi connectivity index (χ0v) is 32.8. The summed E-state index contributed by atoms with van der Waals surface area (Å²) in [6, 6.07) is 5.41. The molecule has 1 aromatic rings. The standard InChI is InChI=1S/C33H60O3P2Si2/c1-27(2,3)38(28(4,5)6)19-23-17-25(39(11,12)13)26(40(14,15)16)18-24(23)33(22-37)29(7)20-31(9)35-30(33,8)21-32(10,34-29)36-31/h17-18H,19-22,37H2,1-16H3. The summed E-state index contributed by atoms with van der Waals surface area (Å²) in [4.78, 5) is 0. The molecule has 5 unspecified atom stereocenters. The SMILES string of the molecule is CC12CC3(C)OC(C)(CC(C)(O1)C3(CP)c1cc([Si](C)(C)C)c([Si](C)(C)C)cc1CP(C(C)(C)C)C(C)(C)C)O2. The average molecular weight is 623 g/mol. The van der Waals surface area contributed by atoms with Gasteiger partial charge in [0.1, 0.15) is 0 Å². The van der Waals surface area contributed by atoms with Crippen molar-refractivity contribution >= 4 is 43.7 Å². The van der Waals surface area contributed by atoms with Crippen LogP contribution in [0.1, 0.15) is 93.2 Å². The van der Waals surface area contributed by atoms with Gasteiger partial charge in [-0.05, 0) is 61.5 Å². The molecule has 0 N–H and O–H groups in total. The molecule has 0 saturated carbocycles. The summed E-state index contributed by atoms with van der Waals surface area (Å²) in [7, 11) is -0.424. The van der Waals surface area contributed by atoms with E-state index in [1.807, 2.05) is 0 Å². The van der Waals surface area contributed by atoms with Crippen LogP contribution < -0.4 is 10.4 Å². The summed E-state index contributed by atoms with van der Waals surface area (Å²) < 4.78 is 20.7. The van der Waals surface area contributed by atoms with Gasteiger partial charge in [-0.15, -0.1) is 9.24 Å². The minimum Gasteiger partial charge on any atom is -0.343 e. The van der Waals surface area contributed by atoms with Gasteiger partial charge in [0.05, 0.1) is 32.8 Å². The fourth-order valence-corrected chi connectivity index (χ4v) is 18.9. The highest BCUT2D eigenvalue weighted by molar-refractivity contribution is 7.60. The van der Waals surface area contributed by atoms with Crippen molar-refractivity contribution < 1.29 is 14.2 Å². The lowest BCUT2D eigenvalue weighted by atomic mass is 9.51. The molecule has 4 aliphatic heterocycles. The normalized spacial score (nSPS) is 36.5. The Bertz CT molecular complexity index is 1110. The summed E-state index contributed by atoms with van der Waals surface area (Å²) in [5.74, 6) is -1.25. The van der Waals surface area contributed by atoms with Gasteiger partial charge in [0.25, 0.3) is 0 Å². The van der Waals surface area contributed by atoms with Gasteiger partial charge in [0, 0.05) is 12.8 Å². The van der Waals surface area contributed by atoms with Crippen molar-refractivity contribution in [3.05, 3.63) is 23.3 Å². The Balaban J connectivity index is 2.11. The minimum atomic E-state index is -1.66. The first kappa shape index (κ1) is 33.3. The van der Waals surface area contributed by atoms with E-state index in [-0.39, 0.29) is 23.6 Å². The van der Waals surface area contributed by atoms with Crippen molar-refractivity contribution in [2.75, 3.05) is 6.16 Å². The van der Waals surface area contributed by atoms with E-state index >= 15 is 0 Å². The maximum atomic E-state index is 7.12. The van der Waals surface area contributed by atoms with Crippen molar-refractivity contribution in [2.24, 2.45) is 0 Å². The lowest BCUT2D eigenvalue weighted by Crippen LogP contribution is -2.84. The van der Waals surface area contributed by atoms with Crippen molar-refractivity contribution in [1.82, 2.24) is 0 Å². The van der Waals surface area contributed by atoms with Crippen LogP contribution in [0.3, 0.4) is 0 Å². The molecular weight excluding hydrogens is 562 g/mol. The summed E-state index contributed by atoms with van der Waals surface area (Å²) in [5, 5.41) is 3.81. The minimum absolute atomic E-state index is 0.245. The quantitative estimate of drug-likeness (QED) is 0.236. The Labute approximate surface area is 252 Å². The predicted molar refractivity (Wildman–Crippen MR) is 185 cm³/mol. The van der Waals surface area contributed by atoms with Gasteiger partial charge in [-0.3, -0.25) is 0 Å². The second kappa shape index (κ2) is 9.45. The van der Waals surface area contributed by atoms with Gasteiger partial charge in [-0.2, -0.15) is 0 Å². The molecule has 4 bridgehead atoms. The molecular formula is C33H60O3P2Si2. The third-order valence-corrected chi connectivity index (χ3v) is 18.8. The zero-order chi connectivity index (χ0) is 30.8. The highest BCUT2D eigenvalue weighted by Crippen LogP contribution is 2.69. The Morgan fingerprint density at radius 2 is 1.12 bits per heavy atom. The molecule has 40 heavy (non-hydrogen) atoms. The number of ether oxygens (including phenoxy) is 3. The van der Waals surface area contributed by atoms with Gasteiger partial charge in [-0.25, -0.2) is 0 Å². The maximum Gasteiger partial charge on any atom is 0.172 e. The van der Waals surface area contributed by atoms with Crippen molar-refractivity contribution in [1.29, 1.82) is 0 Å². The van der Waals surface area contributed by atoms with Gasteiger partial charge in [-0.1, -0.05) is 111 Å². The fourth-order valence-electron chi connectivity index (χ4n) is 9.10. The van der Waals surface area contributed by atoms with Crippen LogP contribution in [0.15, 0.2) is 12.1 Å². The van der Waals surface area contributed by atoms with Crippen LogP contribution in [0.5, 0.6) is 0 Å². The molecule has 5 atom stereocenters. The third kappa shape index (κ3) is 5.22. The van der Waals surface area contributed by atoms with Gasteiger partial charge in [0.15, 0.2) is 11.6 Å². The van der Waals surface area contributed by atoms with E-state index in [4.69, 9.17) is 14.2 Å². The molecule has 0 amide bonds. The van der Waals surface area contributed by atoms with E-state index in [0.717, 1.165) is 25.2 Å². The number of benzene rings is 1. The van der Waals surface area contributed by atoms with E-state index in [1.54, 1.807) is 15.9 Å². The largest absolute Gasteiger partial charge is 0.343 e. The van der Waals surface area contributed by atoms with E-state index in [0.29, 0.717) is 0 Å². The van der Waals surface area contributed by atoms with Crippen LogP contribution in [0.25, 0.3) is 0 Å². The smallest absolute Gasteiger partial charge is 0.172 e. The van der Waals surface area contributed by atoms with Crippen molar-refractivity contribution in [3.63, 3.8) is 0 Å². The first-order chi connectivity index (χ1) is 17.7. The molecule has 0 aliphatic carbocycles. The molecule has 0 aromatic heterocycles. The van der Waals surface area contributed by atoms with Crippen LogP contribution in [-0.4, -0.2) is 55.4 Å². The van der Waals surface area contributed by atoms with Gasteiger partial charge < -0.3 is 14.2 Å². The second-order valence-corrected chi connectivity index (χ2v) is 32.3. The first-order valence-electron chi connectivity index (χ1n) is 15.4. The molecule has 5 rings (SSSR count). The Hall–Kier alpha value is 0.394. The highest BCUT2D eigenvalue weighted by Gasteiger charge is 2.77. The van der Waals surface area contributed by atoms with Crippen LogP contribution in [-0.2, 0) is 25.8 Å². The van der Waals surface area contributed by atoms with Crippen LogP contribution in [0, 0.1) is 0 Å². The Kier molecular flexibility index (Phi) is 7.86. The lowest BCUT2D eigenvalue weighted by Gasteiger charge is -2.74. The molecule has 1 aromatic carbocycles. The zero-order valence-electron chi connectivity index (χ0n) is 28.7. The van der Waals surface area contributed by atoms with Crippen LogP contribution in [0.4, 0.5) is 0 Å². The first-order valence-corrected chi connectivity index (χ1v) is 24.8. The van der Waals surface area contributed by atoms with E-state index in [9.17, 15) is 0 Å². The molecule has 4 aliphatic rings. The summed E-state index contributed by atoms with van der Waals surface area (Å²) in [5.41, 5.74) is 1.95. The topological polar surface area (TPSA) is 27.7 Å². The summed E-state index contributed by atoms with van der Waals surface area (Å²) in [6.07, 6.45) is 3.51. The van der Waals surface area contributed by atoms with E-state index < -0.39 is 38.9 Å². The van der Waals surface area contributed by atoms with Crippen LogP contribution in [0.2, 0.25) is 39.3 Å². The Morgan fingerprint density at radius 1 is 0.725 bits per heavy atom. The van der Waals surface area contributed by atoms with E-state index in [2.05, 4.69) is 130 Å². The van der Waals surface area contributed by atoms with Gasteiger partial charge >= 0.3 is 0 Å². The summed E-state index contributed by atoms with van der Waals surface area (Å²) >= 11 is 0. The molecule has 3 nitrogen and oxygen atoms in total. The molecule has 7 heteroatoms. The monoisotopic (exact) mass is 622 g/mol. The number of hydrogen-bond donors (Lipinski definition) is 0. The van der Waals surface area contributed by atoms with Crippen LogP contribution >= 0.6 is 17.2 Å². The predicted octanol–water partition coefficient (Wildman–Crippen LogP) is 8.29. The van der Waals surface area contributed by atoms with Crippen molar-refractivity contribution in [3.8, 4) is 0 Å². The van der Waals surface area contributed by atoms with E-state index in [1.165, 1.54) is 5.56 Å². The van der Waals surface area contributed by atoms with Crippen molar-refractivity contribution in [2.45, 2.75) is 166 Å². The fraction of sp³-hybridized carbons (Fsp3) is 0.818. The maximum absolute atomic E-state index is 7.12. The van der Waals surface area contributed by atoms with Gasteiger partial charge in [0.2, 0.25) is 0 Å². The molecule has 0 spiro atoms. The third-order valence-electron chi connectivity index (χ3n) is 10.0. The number of rotatable bonds is 6. The molecule has 4 fully saturated rings. The molecule has 0 radical (unpaired) electrons. The highest BCUT2D eigenvalue weighted by atomic mass is 31.1. The second-order valence-electron chi connectivity index (χ2n) is 18.0. The Morgan fingerprint density at radius 3 is 1.48 bits per heavy atom.